The summed E-state index contributed by atoms with van der Waals surface area (Å²) in [5.41, 5.74) is 8.34. The molecule has 0 aliphatic rings. The summed E-state index contributed by atoms with van der Waals surface area (Å²) in [4.78, 5) is 28.5. The van der Waals surface area contributed by atoms with E-state index in [1.807, 2.05) is 24.3 Å². The molecule has 9 nitrogen and oxygen atoms in total. The molecule has 2 amide bonds. The first-order valence-electron chi connectivity index (χ1n) is 11.0. The van der Waals surface area contributed by atoms with E-state index in [0.29, 0.717) is 23.9 Å². The molecule has 0 radical (unpaired) electrons. The molecule has 1 aromatic heterocycles. The van der Waals surface area contributed by atoms with Crippen LogP contribution in [0.3, 0.4) is 0 Å². The van der Waals surface area contributed by atoms with E-state index in [9.17, 15) is 23.5 Å². The zero-order chi connectivity index (χ0) is 26.4. The summed E-state index contributed by atoms with van der Waals surface area (Å²) in [5, 5.41) is 11.9. The van der Waals surface area contributed by atoms with Crippen LogP contribution in [0.15, 0.2) is 48.5 Å². The van der Waals surface area contributed by atoms with Crippen LogP contribution >= 0.6 is 0 Å². The number of benzene rings is 2. The maximum atomic E-state index is 14.5. The maximum Gasteiger partial charge on any atom is 0.344 e. The molecule has 2 aromatic carbocycles. The number of halogens is 2. The monoisotopic (exact) mass is 500 g/mol. The van der Waals surface area contributed by atoms with Gasteiger partial charge in [-0.3, -0.25) is 0 Å². The van der Waals surface area contributed by atoms with E-state index in [-0.39, 0.29) is 12.2 Å². The number of amides is 2. The SMILES string of the molecule is CC[C@@H](Oc1nc(Oc2cc(NC(=O)N(C)C)cc(-c3cccc(CN)c3)c2)c(F)cc1F)C(=O)O. The predicted molar refractivity (Wildman–Crippen MR) is 129 cm³/mol. The van der Waals surface area contributed by atoms with Gasteiger partial charge in [0.15, 0.2) is 17.7 Å². The van der Waals surface area contributed by atoms with Crippen LogP contribution in [-0.2, 0) is 11.3 Å². The predicted octanol–water partition coefficient (Wildman–Crippen LogP) is 4.61. The fourth-order valence-corrected chi connectivity index (χ4v) is 3.15. The van der Waals surface area contributed by atoms with Crippen LogP contribution in [0, 0.1) is 11.6 Å². The van der Waals surface area contributed by atoms with Crippen molar-refractivity contribution in [3.8, 4) is 28.6 Å². The van der Waals surface area contributed by atoms with Gasteiger partial charge >= 0.3 is 12.0 Å². The van der Waals surface area contributed by atoms with Crippen molar-refractivity contribution in [2.45, 2.75) is 26.0 Å². The van der Waals surface area contributed by atoms with Crippen molar-refractivity contribution < 1.29 is 33.0 Å². The normalized spacial score (nSPS) is 11.5. The fourth-order valence-electron chi connectivity index (χ4n) is 3.15. The summed E-state index contributed by atoms with van der Waals surface area (Å²) >= 11 is 0. The number of rotatable bonds is 9. The van der Waals surface area contributed by atoms with Crippen LogP contribution in [0.25, 0.3) is 11.1 Å². The van der Waals surface area contributed by atoms with Crippen LogP contribution in [0.2, 0.25) is 0 Å². The number of carbonyl (C=O) groups is 2. The summed E-state index contributed by atoms with van der Waals surface area (Å²) in [6.45, 7) is 1.85. The number of nitrogens with one attached hydrogen (secondary N) is 1. The minimum absolute atomic E-state index is 0.0306. The lowest BCUT2D eigenvalue weighted by molar-refractivity contribution is -0.145. The Labute approximate surface area is 206 Å². The van der Waals surface area contributed by atoms with Crippen LogP contribution in [-0.4, -0.2) is 47.2 Å². The molecule has 0 saturated carbocycles. The van der Waals surface area contributed by atoms with E-state index in [2.05, 4.69) is 10.3 Å². The number of aliphatic carboxylic acids is 1. The lowest BCUT2D eigenvalue weighted by Crippen LogP contribution is -2.27. The highest BCUT2D eigenvalue weighted by atomic mass is 19.1. The quantitative estimate of drug-likeness (QED) is 0.391. The molecule has 0 fully saturated rings. The van der Waals surface area contributed by atoms with Gasteiger partial charge in [-0.1, -0.05) is 25.1 Å². The molecular weight excluding hydrogens is 474 g/mol. The molecular formula is C25H26F2N4O5. The molecule has 190 valence electrons. The number of pyridine rings is 1. The van der Waals surface area contributed by atoms with E-state index in [1.54, 1.807) is 26.2 Å². The summed E-state index contributed by atoms with van der Waals surface area (Å²) in [7, 11) is 3.14. The Morgan fingerprint density at radius 3 is 2.44 bits per heavy atom. The number of ether oxygens (including phenoxy) is 2. The van der Waals surface area contributed by atoms with E-state index in [4.69, 9.17) is 15.2 Å². The highest BCUT2D eigenvalue weighted by Crippen LogP contribution is 2.33. The zero-order valence-electron chi connectivity index (χ0n) is 19.9. The van der Waals surface area contributed by atoms with Gasteiger partial charge in [0.1, 0.15) is 5.75 Å². The van der Waals surface area contributed by atoms with Gasteiger partial charge < -0.3 is 30.5 Å². The lowest BCUT2D eigenvalue weighted by Gasteiger charge is -2.16. The average molecular weight is 501 g/mol. The Bertz CT molecular complexity index is 1270. The standard InChI is InChI=1S/C25H26F2N4O5/c1-4-21(24(32)33)36-23-20(27)12-19(26)22(30-23)35-18-10-16(15-7-5-6-14(8-15)13-28)9-17(11-18)29-25(34)31(2)3/h5-12,21H,4,13,28H2,1-3H3,(H,29,34)(H,32,33)/t21-/m1/s1. The number of carbonyl (C=O) groups excluding carboxylic acids is 1. The molecule has 0 aliphatic heterocycles. The molecule has 36 heavy (non-hydrogen) atoms. The first kappa shape index (κ1) is 26.4. The van der Waals surface area contributed by atoms with Gasteiger partial charge in [-0.2, -0.15) is 4.98 Å². The molecule has 3 aromatic rings. The highest BCUT2D eigenvalue weighted by Gasteiger charge is 2.22. The summed E-state index contributed by atoms with van der Waals surface area (Å²) in [6.07, 6.45) is -1.35. The van der Waals surface area contributed by atoms with Gasteiger partial charge in [-0.15, -0.1) is 0 Å². The van der Waals surface area contributed by atoms with Gasteiger partial charge in [-0.25, -0.2) is 18.4 Å². The second-order valence-corrected chi connectivity index (χ2v) is 7.99. The molecule has 4 N–H and O–H groups in total. The second-order valence-electron chi connectivity index (χ2n) is 7.99. The fraction of sp³-hybridized carbons (Fsp3) is 0.240. The third kappa shape index (κ3) is 6.45. The van der Waals surface area contributed by atoms with Gasteiger partial charge in [0.25, 0.3) is 11.8 Å². The van der Waals surface area contributed by atoms with Crippen LogP contribution < -0.4 is 20.5 Å². The molecule has 3 rings (SSSR count). The second kappa shape index (κ2) is 11.5. The summed E-state index contributed by atoms with van der Waals surface area (Å²) < 4.78 is 39.5. The van der Waals surface area contributed by atoms with Gasteiger partial charge in [0.05, 0.1) is 0 Å². The molecule has 1 atom stereocenters. The lowest BCUT2D eigenvalue weighted by atomic mass is 10.0. The van der Waals surface area contributed by atoms with Crippen molar-refractivity contribution in [3.05, 3.63) is 65.7 Å². The van der Waals surface area contributed by atoms with Crippen molar-refractivity contribution in [1.82, 2.24) is 9.88 Å². The first-order valence-corrected chi connectivity index (χ1v) is 11.0. The molecule has 0 spiro atoms. The van der Waals surface area contributed by atoms with Crippen molar-refractivity contribution in [2.75, 3.05) is 19.4 Å². The Hall–Kier alpha value is -4.25. The Morgan fingerprint density at radius 1 is 1.08 bits per heavy atom. The smallest absolute Gasteiger partial charge is 0.344 e. The number of urea groups is 1. The molecule has 0 bridgehead atoms. The number of carboxylic acids is 1. The van der Waals surface area contributed by atoms with Gasteiger partial charge in [-0.05, 0) is 41.3 Å². The average Bonchev–Trinajstić information content (AvgIpc) is 2.84. The largest absolute Gasteiger partial charge is 0.479 e. The maximum absolute atomic E-state index is 14.5. The third-order valence-electron chi connectivity index (χ3n) is 5.04. The van der Waals surface area contributed by atoms with Crippen molar-refractivity contribution in [2.24, 2.45) is 5.73 Å². The van der Waals surface area contributed by atoms with Gasteiger partial charge in [0, 0.05) is 38.5 Å². The van der Waals surface area contributed by atoms with Crippen LogP contribution in [0.5, 0.6) is 17.5 Å². The van der Waals surface area contributed by atoms with Crippen LogP contribution in [0.4, 0.5) is 19.3 Å². The molecule has 0 saturated heterocycles. The third-order valence-corrected chi connectivity index (χ3v) is 5.04. The molecule has 0 unspecified atom stereocenters. The van der Waals surface area contributed by atoms with Crippen molar-refractivity contribution in [3.63, 3.8) is 0 Å². The van der Waals surface area contributed by atoms with Crippen molar-refractivity contribution >= 4 is 17.7 Å². The number of hydrogen-bond donors (Lipinski definition) is 3. The number of aromatic nitrogens is 1. The summed E-state index contributed by atoms with van der Waals surface area (Å²) in [6, 6.07) is 12.2. The summed E-state index contributed by atoms with van der Waals surface area (Å²) in [5.74, 6) is -4.89. The van der Waals surface area contributed by atoms with Crippen molar-refractivity contribution in [1.29, 1.82) is 0 Å². The van der Waals surface area contributed by atoms with Gasteiger partial charge in [0.2, 0.25) is 0 Å². The number of nitrogens with zero attached hydrogens (tertiary/aromatic N) is 2. The minimum Gasteiger partial charge on any atom is -0.479 e. The highest BCUT2D eigenvalue weighted by molar-refractivity contribution is 5.90. The van der Waals surface area contributed by atoms with E-state index < -0.39 is 41.5 Å². The van der Waals surface area contributed by atoms with E-state index >= 15 is 0 Å². The Kier molecular flexibility index (Phi) is 8.38. The zero-order valence-corrected chi connectivity index (χ0v) is 19.9. The Balaban J connectivity index is 2.03. The van der Waals surface area contributed by atoms with E-state index in [0.717, 1.165) is 11.1 Å². The topological polar surface area (TPSA) is 127 Å². The Morgan fingerprint density at radius 2 is 1.81 bits per heavy atom. The molecule has 1 heterocycles. The number of nitrogens with two attached hydrogens (primary N) is 1. The number of anilines is 1. The van der Waals surface area contributed by atoms with Crippen LogP contribution in [0.1, 0.15) is 18.9 Å². The number of hydrogen-bond acceptors (Lipinski definition) is 6. The van der Waals surface area contributed by atoms with E-state index in [1.165, 1.54) is 17.9 Å². The minimum atomic E-state index is -1.38. The first-order chi connectivity index (χ1) is 17.1. The molecule has 11 heteroatoms. The molecule has 0 aliphatic carbocycles. The number of carboxylic acid groups (broad SMARTS) is 1.